The topological polar surface area (TPSA) is 84.7 Å². The highest BCUT2D eigenvalue weighted by atomic mass is 35.5. The maximum absolute atomic E-state index is 11.7. The van der Waals surface area contributed by atoms with Crippen LogP contribution in [0.4, 0.5) is 16.2 Å². The van der Waals surface area contributed by atoms with Crippen molar-refractivity contribution < 1.29 is 14.3 Å². The Hall–Kier alpha value is -1.95. The van der Waals surface area contributed by atoms with E-state index in [0.29, 0.717) is 29.5 Å². The van der Waals surface area contributed by atoms with Gasteiger partial charge in [0.2, 0.25) is 5.91 Å². The van der Waals surface area contributed by atoms with Crippen LogP contribution < -0.4 is 11.1 Å². The van der Waals surface area contributed by atoms with Gasteiger partial charge in [-0.2, -0.15) is 0 Å². The van der Waals surface area contributed by atoms with Crippen molar-refractivity contribution in [1.82, 2.24) is 4.90 Å². The number of nitrogens with one attached hydrogen (secondary N) is 1. The number of nitrogens with zero attached hydrogens (tertiary/aromatic N) is 1. The van der Waals surface area contributed by atoms with E-state index in [9.17, 15) is 9.59 Å². The van der Waals surface area contributed by atoms with Gasteiger partial charge < -0.3 is 15.8 Å². The Morgan fingerprint density at radius 1 is 1.56 bits per heavy atom. The van der Waals surface area contributed by atoms with Crippen molar-refractivity contribution >= 4 is 35.0 Å². The fraction of sp³-hybridized carbons (Fsp3) is 0.273. The summed E-state index contributed by atoms with van der Waals surface area (Å²) >= 11 is 5.75. The van der Waals surface area contributed by atoms with Crippen molar-refractivity contribution in [1.29, 1.82) is 0 Å². The van der Waals surface area contributed by atoms with Gasteiger partial charge in [-0.05, 0) is 18.2 Å². The number of hydrogen-bond acceptors (Lipinski definition) is 4. The number of nitrogen functional groups attached to an aromatic ring is 1. The summed E-state index contributed by atoms with van der Waals surface area (Å²) in [5, 5.41) is 3.11. The lowest BCUT2D eigenvalue weighted by Crippen LogP contribution is -2.33. The molecule has 0 saturated carbocycles. The average molecular weight is 270 g/mol. The van der Waals surface area contributed by atoms with Crippen LogP contribution in [-0.2, 0) is 9.53 Å². The Balaban J connectivity index is 1.96. The molecule has 1 aliphatic rings. The molecule has 0 aliphatic carbocycles. The molecule has 0 radical (unpaired) electrons. The first-order chi connectivity index (χ1) is 8.56. The fourth-order valence-corrected chi connectivity index (χ4v) is 1.76. The minimum atomic E-state index is -0.478. The molecule has 0 bridgehead atoms. The Morgan fingerprint density at radius 2 is 2.33 bits per heavy atom. The van der Waals surface area contributed by atoms with Crippen LogP contribution in [0.1, 0.15) is 0 Å². The van der Waals surface area contributed by atoms with Crippen molar-refractivity contribution in [2.75, 3.05) is 30.7 Å². The predicted octanol–water partition coefficient (Wildman–Crippen LogP) is 1.31. The normalized spacial score (nSPS) is 14.5. The number of rotatable bonds is 3. The van der Waals surface area contributed by atoms with Crippen LogP contribution in [0.2, 0.25) is 5.02 Å². The second kappa shape index (κ2) is 5.14. The van der Waals surface area contributed by atoms with E-state index in [1.54, 1.807) is 18.2 Å². The number of ether oxygens (including phenoxy) is 1. The monoisotopic (exact) mass is 269 g/mol. The van der Waals surface area contributed by atoms with Gasteiger partial charge in [-0.15, -0.1) is 0 Å². The summed E-state index contributed by atoms with van der Waals surface area (Å²) in [7, 11) is 0. The standard InChI is InChI=1S/C11H12ClN3O3/c12-7-1-2-9(8(13)5-7)14-10(16)6-15-3-4-18-11(15)17/h1-2,5H,3-4,6,13H2,(H,14,16). The molecule has 2 rings (SSSR count). The van der Waals surface area contributed by atoms with Gasteiger partial charge in [0.15, 0.2) is 0 Å². The molecular weight excluding hydrogens is 258 g/mol. The average Bonchev–Trinajstić information content (AvgIpc) is 2.69. The maximum atomic E-state index is 11.7. The molecule has 1 aromatic carbocycles. The summed E-state index contributed by atoms with van der Waals surface area (Å²) in [6.45, 7) is 0.679. The van der Waals surface area contributed by atoms with E-state index in [4.69, 9.17) is 22.1 Å². The summed E-state index contributed by atoms with van der Waals surface area (Å²) in [5.74, 6) is -0.331. The SMILES string of the molecule is Nc1cc(Cl)ccc1NC(=O)CN1CCOC1=O. The molecule has 1 saturated heterocycles. The van der Waals surface area contributed by atoms with Crippen molar-refractivity contribution in [3.8, 4) is 0 Å². The maximum Gasteiger partial charge on any atom is 0.410 e. The number of cyclic esters (lactones) is 1. The van der Waals surface area contributed by atoms with Crippen molar-refractivity contribution in [2.45, 2.75) is 0 Å². The molecule has 6 nitrogen and oxygen atoms in total. The van der Waals surface area contributed by atoms with E-state index < -0.39 is 6.09 Å². The van der Waals surface area contributed by atoms with E-state index in [0.717, 1.165) is 0 Å². The molecule has 3 N–H and O–H groups in total. The molecule has 18 heavy (non-hydrogen) atoms. The molecule has 2 amide bonds. The summed E-state index contributed by atoms with van der Waals surface area (Å²) in [4.78, 5) is 24.2. The third-order valence-corrected chi connectivity index (χ3v) is 2.70. The van der Waals surface area contributed by atoms with Crippen molar-refractivity contribution in [2.24, 2.45) is 0 Å². The number of benzene rings is 1. The number of nitrogens with two attached hydrogens (primary N) is 1. The molecule has 0 atom stereocenters. The number of halogens is 1. The Morgan fingerprint density at radius 3 is 2.94 bits per heavy atom. The zero-order valence-electron chi connectivity index (χ0n) is 9.48. The highest BCUT2D eigenvalue weighted by Crippen LogP contribution is 2.22. The molecule has 1 heterocycles. The molecule has 96 valence electrons. The lowest BCUT2D eigenvalue weighted by Gasteiger charge is -2.13. The largest absolute Gasteiger partial charge is 0.448 e. The number of amides is 2. The molecule has 0 spiro atoms. The molecular formula is C11H12ClN3O3. The highest BCUT2D eigenvalue weighted by molar-refractivity contribution is 6.31. The first-order valence-corrected chi connectivity index (χ1v) is 5.70. The summed E-state index contributed by atoms with van der Waals surface area (Å²) in [6.07, 6.45) is -0.478. The fourth-order valence-electron chi connectivity index (χ4n) is 1.58. The lowest BCUT2D eigenvalue weighted by atomic mass is 10.2. The number of carbonyl (C=O) groups excluding carboxylic acids is 2. The second-order valence-corrected chi connectivity index (χ2v) is 4.25. The lowest BCUT2D eigenvalue weighted by molar-refractivity contribution is -0.116. The first kappa shape index (κ1) is 12.5. The molecule has 1 aromatic rings. The van der Waals surface area contributed by atoms with Gasteiger partial charge in [-0.1, -0.05) is 11.6 Å². The number of hydrogen-bond donors (Lipinski definition) is 2. The quantitative estimate of drug-likeness (QED) is 0.811. The summed E-state index contributed by atoms with van der Waals surface area (Å²) in [5.41, 5.74) is 6.55. The van der Waals surface area contributed by atoms with Crippen LogP contribution in [0, 0.1) is 0 Å². The number of carbonyl (C=O) groups is 2. The zero-order valence-corrected chi connectivity index (χ0v) is 10.2. The van der Waals surface area contributed by atoms with Gasteiger partial charge in [-0.25, -0.2) is 4.79 Å². The van der Waals surface area contributed by atoms with Gasteiger partial charge in [0.05, 0.1) is 17.9 Å². The third-order valence-electron chi connectivity index (χ3n) is 2.47. The minimum absolute atomic E-state index is 0.0547. The van der Waals surface area contributed by atoms with E-state index in [1.165, 1.54) is 4.90 Å². The molecule has 1 aliphatic heterocycles. The molecule has 0 aromatic heterocycles. The van der Waals surface area contributed by atoms with Gasteiger partial charge in [0.1, 0.15) is 13.2 Å². The molecule has 7 heteroatoms. The highest BCUT2D eigenvalue weighted by Gasteiger charge is 2.24. The molecule has 1 fully saturated rings. The van der Waals surface area contributed by atoms with Crippen LogP contribution in [-0.4, -0.2) is 36.6 Å². The van der Waals surface area contributed by atoms with Crippen LogP contribution in [0.15, 0.2) is 18.2 Å². The van der Waals surface area contributed by atoms with E-state index in [-0.39, 0.29) is 12.5 Å². The van der Waals surface area contributed by atoms with Crippen molar-refractivity contribution in [3.63, 3.8) is 0 Å². The smallest absolute Gasteiger partial charge is 0.410 e. The van der Waals surface area contributed by atoms with Gasteiger partial charge in [-0.3, -0.25) is 9.69 Å². The Kier molecular flexibility index (Phi) is 3.57. The Bertz CT molecular complexity index is 492. The van der Waals surface area contributed by atoms with Gasteiger partial charge >= 0.3 is 6.09 Å². The first-order valence-electron chi connectivity index (χ1n) is 5.33. The summed E-state index contributed by atoms with van der Waals surface area (Å²) < 4.78 is 4.72. The van der Waals surface area contributed by atoms with Crippen LogP contribution in [0.3, 0.4) is 0 Å². The van der Waals surface area contributed by atoms with Gasteiger partial charge in [0.25, 0.3) is 0 Å². The van der Waals surface area contributed by atoms with Crippen LogP contribution >= 0.6 is 11.6 Å². The van der Waals surface area contributed by atoms with E-state index in [1.807, 2.05) is 0 Å². The molecule has 0 unspecified atom stereocenters. The van der Waals surface area contributed by atoms with Crippen LogP contribution in [0.5, 0.6) is 0 Å². The predicted molar refractivity (Wildman–Crippen MR) is 67.4 cm³/mol. The van der Waals surface area contributed by atoms with E-state index >= 15 is 0 Å². The number of anilines is 2. The summed E-state index contributed by atoms with van der Waals surface area (Å²) in [6, 6.07) is 4.77. The zero-order chi connectivity index (χ0) is 13.1. The van der Waals surface area contributed by atoms with Gasteiger partial charge in [0, 0.05) is 5.02 Å². The Labute approximate surface area is 109 Å². The second-order valence-electron chi connectivity index (χ2n) is 3.82. The van der Waals surface area contributed by atoms with E-state index in [2.05, 4.69) is 5.32 Å². The van der Waals surface area contributed by atoms with Crippen LogP contribution in [0.25, 0.3) is 0 Å². The minimum Gasteiger partial charge on any atom is -0.448 e. The van der Waals surface area contributed by atoms with Crippen molar-refractivity contribution in [3.05, 3.63) is 23.2 Å². The third kappa shape index (κ3) is 2.84.